The molecule has 21 heavy (non-hydrogen) atoms. The summed E-state index contributed by atoms with van der Waals surface area (Å²) in [4.78, 5) is 14.1. The fraction of sp³-hybridized carbons (Fsp3) is 0.533. The third kappa shape index (κ3) is 9.56. The average Bonchev–Trinajstić information content (AvgIpc) is 2.43. The smallest absolute Gasteiger partial charge is 0.239 e. The summed E-state index contributed by atoms with van der Waals surface area (Å²) in [7, 11) is 0. The van der Waals surface area contributed by atoms with Crippen molar-refractivity contribution in [3.05, 3.63) is 30.3 Å². The van der Waals surface area contributed by atoms with Gasteiger partial charge in [-0.1, -0.05) is 32.0 Å². The number of halogens is 2. The standard InChI is InChI=1S/C15H25N3O.2ClH/c1-4-18(5-2)12-13(3)17-15(19)11-16-14-9-7-6-8-10-14;;/h6-10,13,16H,4-5,11-12H2,1-3H3,(H,17,19);2*1H. The molecule has 1 aromatic carbocycles. The van der Waals surface area contributed by atoms with Gasteiger partial charge in [0.1, 0.15) is 0 Å². The molecule has 0 fully saturated rings. The number of anilines is 1. The average molecular weight is 336 g/mol. The molecular formula is C15H27Cl2N3O. The normalized spacial score (nSPS) is 11.0. The third-order valence-corrected chi connectivity index (χ3v) is 3.06. The van der Waals surface area contributed by atoms with Crippen LogP contribution in [-0.4, -0.2) is 43.0 Å². The highest BCUT2D eigenvalue weighted by molar-refractivity contribution is 5.85. The first-order valence-corrected chi connectivity index (χ1v) is 6.96. The lowest BCUT2D eigenvalue weighted by Crippen LogP contribution is -2.43. The molecule has 0 aliphatic heterocycles. The summed E-state index contributed by atoms with van der Waals surface area (Å²) in [6.45, 7) is 9.54. The van der Waals surface area contributed by atoms with Crippen LogP contribution in [0.5, 0.6) is 0 Å². The van der Waals surface area contributed by atoms with Gasteiger partial charge in [0.25, 0.3) is 0 Å². The largest absolute Gasteiger partial charge is 0.376 e. The Balaban J connectivity index is 0. The van der Waals surface area contributed by atoms with Crippen molar-refractivity contribution in [3.8, 4) is 0 Å². The van der Waals surface area contributed by atoms with Crippen LogP contribution < -0.4 is 10.6 Å². The molecule has 1 aromatic rings. The Hall–Kier alpha value is -0.970. The van der Waals surface area contributed by atoms with E-state index >= 15 is 0 Å². The van der Waals surface area contributed by atoms with E-state index in [2.05, 4.69) is 29.4 Å². The summed E-state index contributed by atoms with van der Waals surface area (Å²) in [5.74, 6) is 0.0310. The summed E-state index contributed by atoms with van der Waals surface area (Å²) in [6, 6.07) is 9.92. The number of nitrogens with zero attached hydrogens (tertiary/aromatic N) is 1. The van der Waals surface area contributed by atoms with Crippen molar-refractivity contribution in [2.24, 2.45) is 0 Å². The first-order chi connectivity index (χ1) is 9.15. The minimum Gasteiger partial charge on any atom is -0.376 e. The minimum atomic E-state index is 0. The summed E-state index contributed by atoms with van der Waals surface area (Å²) < 4.78 is 0. The number of carbonyl (C=O) groups is 1. The number of hydrogen-bond acceptors (Lipinski definition) is 3. The first kappa shape index (κ1) is 22.3. The maximum atomic E-state index is 11.8. The molecule has 0 saturated carbocycles. The van der Waals surface area contributed by atoms with Gasteiger partial charge < -0.3 is 15.5 Å². The second-order valence-electron chi connectivity index (χ2n) is 4.67. The van der Waals surface area contributed by atoms with E-state index in [0.717, 1.165) is 25.3 Å². The second-order valence-corrected chi connectivity index (χ2v) is 4.67. The van der Waals surface area contributed by atoms with E-state index < -0.39 is 0 Å². The number of para-hydroxylation sites is 1. The number of benzene rings is 1. The van der Waals surface area contributed by atoms with Gasteiger partial charge in [-0.05, 0) is 32.1 Å². The van der Waals surface area contributed by atoms with Crippen LogP contribution in [0, 0.1) is 0 Å². The molecule has 4 nitrogen and oxygen atoms in total. The van der Waals surface area contributed by atoms with Gasteiger partial charge in [-0.3, -0.25) is 4.79 Å². The number of carbonyl (C=O) groups excluding carboxylic acids is 1. The Kier molecular flexibility index (Phi) is 13.5. The molecule has 0 aliphatic rings. The molecule has 0 saturated heterocycles. The van der Waals surface area contributed by atoms with E-state index in [9.17, 15) is 4.79 Å². The number of likely N-dealkylation sites (N-methyl/N-ethyl adjacent to an activating group) is 1. The van der Waals surface area contributed by atoms with Crippen LogP contribution in [0.3, 0.4) is 0 Å². The molecule has 0 spiro atoms. The molecule has 122 valence electrons. The minimum absolute atomic E-state index is 0. The zero-order valence-corrected chi connectivity index (χ0v) is 14.6. The number of nitrogens with one attached hydrogen (secondary N) is 2. The fourth-order valence-corrected chi connectivity index (χ4v) is 1.98. The highest BCUT2D eigenvalue weighted by Crippen LogP contribution is 2.03. The third-order valence-electron chi connectivity index (χ3n) is 3.06. The lowest BCUT2D eigenvalue weighted by atomic mass is 10.3. The molecule has 1 rings (SSSR count). The van der Waals surface area contributed by atoms with E-state index in [4.69, 9.17) is 0 Å². The summed E-state index contributed by atoms with van der Waals surface area (Å²) in [5.41, 5.74) is 0.967. The van der Waals surface area contributed by atoms with Gasteiger partial charge in [0.05, 0.1) is 6.54 Å². The Bertz CT molecular complexity index is 372. The maximum absolute atomic E-state index is 11.8. The first-order valence-electron chi connectivity index (χ1n) is 6.96. The molecule has 1 amide bonds. The Labute approximate surface area is 140 Å². The van der Waals surface area contributed by atoms with Crippen LogP contribution in [0.15, 0.2) is 30.3 Å². The van der Waals surface area contributed by atoms with E-state index in [1.165, 1.54) is 0 Å². The molecule has 0 aromatic heterocycles. The molecule has 0 bridgehead atoms. The van der Waals surface area contributed by atoms with Crippen LogP contribution in [-0.2, 0) is 4.79 Å². The van der Waals surface area contributed by atoms with Crippen molar-refractivity contribution >= 4 is 36.4 Å². The zero-order valence-electron chi connectivity index (χ0n) is 13.0. The molecular weight excluding hydrogens is 309 g/mol. The van der Waals surface area contributed by atoms with E-state index in [-0.39, 0.29) is 36.8 Å². The van der Waals surface area contributed by atoms with Crippen molar-refractivity contribution in [1.29, 1.82) is 0 Å². The predicted molar refractivity (Wildman–Crippen MR) is 94.8 cm³/mol. The monoisotopic (exact) mass is 335 g/mol. The van der Waals surface area contributed by atoms with Gasteiger partial charge in [0, 0.05) is 18.3 Å². The highest BCUT2D eigenvalue weighted by Gasteiger charge is 2.10. The summed E-state index contributed by atoms with van der Waals surface area (Å²) in [5, 5.41) is 6.11. The van der Waals surface area contributed by atoms with Crippen LogP contribution in [0.1, 0.15) is 20.8 Å². The van der Waals surface area contributed by atoms with Crippen LogP contribution in [0.2, 0.25) is 0 Å². The summed E-state index contributed by atoms with van der Waals surface area (Å²) in [6.07, 6.45) is 0. The van der Waals surface area contributed by atoms with Crippen molar-refractivity contribution in [1.82, 2.24) is 10.2 Å². The summed E-state index contributed by atoms with van der Waals surface area (Å²) >= 11 is 0. The van der Waals surface area contributed by atoms with Crippen molar-refractivity contribution in [2.45, 2.75) is 26.8 Å². The van der Waals surface area contributed by atoms with Crippen molar-refractivity contribution < 1.29 is 4.79 Å². The lowest BCUT2D eigenvalue weighted by molar-refractivity contribution is -0.120. The highest BCUT2D eigenvalue weighted by atomic mass is 35.5. The number of hydrogen-bond donors (Lipinski definition) is 2. The number of rotatable bonds is 8. The zero-order chi connectivity index (χ0) is 14.1. The van der Waals surface area contributed by atoms with Crippen molar-refractivity contribution in [3.63, 3.8) is 0 Å². The van der Waals surface area contributed by atoms with E-state index in [1.54, 1.807) is 0 Å². The van der Waals surface area contributed by atoms with Crippen molar-refractivity contribution in [2.75, 3.05) is 31.5 Å². The van der Waals surface area contributed by atoms with Gasteiger partial charge in [0.2, 0.25) is 5.91 Å². The van der Waals surface area contributed by atoms with Crippen LogP contribution >= 0.6 is 24.8 Å². The van der Waals surface area contributed by atoms with Crippen LogP contribution in [0.4, 0.5) is 5.69 Å². The molecule has 0 heterocycles. The fourth-order valence-electron chi connectivity index (χ4n) is 1.98. The molecule has 1 unspecified atom stereocenters. The number of amides is 1. The van der Waals surface area contributed by atoms with Gasteiger partial charge in [-0.15, -0.1) is 24.8 Å². The maximum Gasteiger partial charge on any atom is 0.239 e. The van der Waals surface area contributed by atoms with Gasteiger partial charge in [-0.2, -0.15) is 0 Å². The van der Waals surface area contributed by atoms with Gasteiger partial charge in [0.15, 0.2) is 0 Å². The SMILES string of the molecule is CCN(CC)CC(C)NC(=O)CNc1ccccc1.Cl.Cl. The topological polar surface area (TPSA) is 44.4 Å². The second kappa shape index (κ2) is 12.7. The lowest BCUT2D eigenvalue weighted by Gasteiger charge is -2.23. The molecule has 6 heteroatoms. The molecule has 0 aliphatic carbocycles. The van der Waals surface area contributed by atoms with E-state index in [1.807, 2.05) is 37.3 Å². The van der Waals surface area contributed by atoms with Gasteiger partial charge in [-0.25, -0.2) is 0 Å². The molecule has 2 N–H and O–H groups in total. The Morgan fingerprint density at radius 1 is 1.14 bits per heavy atom. The quantitative estimate of drug-likeness (QED) is 0.767. The van der Waals surface area contributed by atoms with Gasteiger partial charge >= 0.3 is 0 Å². The van der Waals surface area contributed by atoms with E-state index in [0.29, 0.717) is 6.54 Å². The Morgan fingerprint density at radius 2 is 1.71 bits per heavy atom. The Morgan fingerprint density at radius 3 is 2.24 bits per heavy atom. The van der Waals surface area contributed by atoms with Crippen LogP contribution in [0.25, 0.3) is 0 Å². The molecule has 0 radical (unpaired) electrons. The molecule has 1 atom stereocenters. The predicted octanol–water partition coefficient (Wildman–Crippen LogP) is 2.79.